The molecule has 38 heavy (non-hydrogen) atoms. The minimum atomic E-state index is 0.816. The summed E-state index contributed by atoms with van der Waals surface area (Å²) in [4.78, 5) is 7.89. The highest BCUT2D eigenvalue weighted by Crippen LogP contribution is 2.32. The van der Waals surface area contributed by atoms with Crippen molar-refractivity contribution < 1.29 is 0 Å². The third-order valence-electron chi connectivity index (χ3n) is 7.16. The summed E-state index contributed by atoms with van der Waals surface area (Å²) in [6.45, 7) is 8.01. The lowest BCUT2D eigenvalue weighted by molar-refractivity contribution is 0.241. The van der Waals surface area contributed by atoms with E-state index in [0.717, 1.165) is 50.5 Å². The largest absolute Gasteiger partial charge is 0.326 e. The molecule has 1 aromatic heterocycles. The van der Waals surface area contributed by atoms with Crippen molar-refractivity contribution in [2.45, 2.75) is 52.9 Å². The van der Waals surface area contributed by atoms with Crippen LogP contribution in [0.3, 0.4) is 0 Å². The molecule has 0 saturated carbocycles. The van der Waals surface area contributed by atoms with Gasteiger partial charge in [-0.2, -0.15) is 0 Å². The maximum atomic E-state index is 5.32. The predicted molar refractivity (Wildman–Crippen MR) is 159 cm³/mol. The van der Waals surface area contributed by atoms with Crippen molar-refractivity contribution in [1.29, 1.82) is 0 Å². The van der Waals surface area contributed by atoms with E-state index < -0.39 is 0 Å². The Balaban J connectivity index is 1.62. The van der Waals surface area contributed by atoms with E-state index in [0.29, 0.717) is 0 Å². The fourth-order valence-electron chi connectivity index (χ4n) is 5.09. The molecule has 0 radical (unpaired) electrons. The van der Waals surface area contributed by atoms with Crippen LogP contribution < -0.4 is 0 Å². The quantitative estimate of drug-likeness (QED) is 0.182. The summed E-state index contributed by atoms with van der Waals surface area (Å²) in [5.41, 5.74) is 8.73. The Bertz CT molecular complexity index is 1420. The van der Waals surface area contributed by atoms with Gasteiger partial charge in [0.15, 0.2) is 0 Å². The topological polar surface area (TPSA) is 21.1 Å². The molecule has 192 valence electrons. The summed E-state index contributed by atoms with van der Waals surface area (Å²) in [6, 6.07) is 40.9. The normalized spacial score (nSPS) is 11.2. The fourth-order valence-corrected chi connectivity index (χ4v) is 5.09. The molecule has 3 heteroatoms. The van der Waals surface area contributed by atoms with E-state index in [4.69, 9.17) is 4.98 Å². The van der Waals surface area contributed by atoms with Crippen LogP contribution in [0.4, 0.5) is 0 Å². The van der Waals surface area contributed by atoms with Crippen molar-refractivity contribution in [3.8, 4) is 22.6 Å². The number of aromatic nitrogens is 2. The molecule has 3 nitrogen and oxygen atoms in total. The molecule has 0 spiro atoms. The van der Waals surface area contributed by atoms with E-state index in [1.54, 1.807) is 0 Å². The smallest absolute Gasteiger partial charge is 0.140 e. The second-order valence-electron chi connectivity index (χ2n) is 10.0. The molecule has 0 N–H and O–H groups in total. The first-order valence-electron chi connectivity index (χ1n) is 13.7. The second kappa shape index (κ2) is 12.5. The third kappa shape index (κ3) is 6.12. The number of nitrogens with zero attached hydrogens (tertiary/aromatic N) is 3. The van der Waals surface area contributed by atoms with Crippen molar-refractivity contribution in [2.24, 2.45) is 0 Å². The lowest BCUT2D eigenvalue weighted by atomic mass is 10.1. The van der Waals surface area contributed by atoms with Gasteiger partial charge in [-0.1, -0.05) is 129 Å². The van der Waals surface area contributed by atoms with E-state index in [2.05, 4.69) is 139 Å². The third-order valence-corrected chi connectivity index (χ3v) is 7.16. The van der Waals surface area contributed by atoms with Crippen molar-refractivity contribution in [2.75, 3.05) is 0 Å². The van der Waals surface area contributed by atoms with Crippen LogP contribution in [-0.4, -0.2) is 14.5 Å². The van der Waals surface area contributed by atoms with Crippen LogP contribution in [0.2, 0.25) is 0 Å². The lowest BCUT2D eigenvalue weighted by Crippen LogP contribution is -2.25. The first kappa shape index (κ1) is 25.7. The highest BCUT2D eigenvalue weighted by molar-refractivity contribution is 5.68. The molecule has 1 heterocycles. The Kier molecular flexibility index (Phi) is 8.47. The van der Waals surface area contributed by atoms with Gasteiger partial charge in [-0.3, -0.25) is 4.90 Å². The molecule has 4 aromatic carbocycles. The highest BCUT2D eigenvalue weighted by Gasteiger charge is 2.22. The van der Waals surface area contributed by atoms with Gasteiger partial charge in [-0.05, 0) is 30.0 Å². The summed E-state index contributed by atoms with van der Waals surface area (Å²) >= 11 is 0. The molecule has 0 saturated heterocycles. The standard InChI is InChI=1S/C35H37N3/c1-3-4-24-38-33(34(30-19-10-6-11-20-30)36-35(38)31-21-12-7-13-22-31)27-37(25-29-17-8-5-9-18-29)26-32-23-15-14-16-28(32)2/h5-23H,3-4,24-27H2,1-2H3. The van der Waals surface area contributed by atoms with Crippen molar-refractivity contribution in [3.63, 3.8) is 0 Å². The minimum Gasteiger partial charge on any atom is -0.326 e. The summed E-state index contributed by atoms with van der Waals surface area (Å²) < 4.78 is 2.48. The molecule has 5 rings (SSSR count). The Morgan fingerprint density at radius 3 is 1.92 bits per heavy atom. The van der Waals surface area contributed by atoms with E-state index in [1.807, 2.05) is 0 Å². The van der Waals surface area contributed by atoms with Crippen LogP contribution in [0.25, 0.3) is 22.6 Å². The number of benzene rings is 4. The average molecular weight is 500 g/mol. The lowest BCUT2D eigenvalue weighted by Gasteiger charge is -2.25. The molecule has 0 aliphatic carbocycles. The number of unbranched alkanes of at least 4 members (excludes halogenated alkanes) is 1. The van der Waals surface area contributed by atoms with E-state index in [9.17, 15) is 0 Å². The van der Waals surface area contributed by atoms with E-state index in [-0.39, 0.29) is 0 Å². The summed E-state index contributed by atoms with van der Waals surface area (Å²) in [5, 5.41) is 0. The average Bonchev–Trinajstić information content (AvgIpc) is 3.32. The van der Waals surface area contributed by atoms with Crippen molar-refractivity contribution >= 4 is 0 Å². The summed E-state index contributed by atoms with van der Waals surface area (Å²) in [7, 11) is 0. The van der Waals surface area contributed by atoms with Crippen LogP contribution in [-0.2, 0) is 26.2 Å². The molecule has 5 aromatic rings. The SMILES string of the molecule is CCCCn1c(-c2ccccc2)nc(-c2ccccc2)c1CN(Cc1ccccc1)Cc1ccccc1C. The fraction of sp³-hybridized carbons (Fsp3) is 0.229. The molecule has 0 aliphatic heterocycles. The van der Waals surface area contributed by atoms with Gasteiger partial charge in [-0.25, -0.2) is 4.98 Å². The van der Waals surface area contributed by atoms with Crippen LogP contribution in [0.1, 0.15) is 42.1 Å². The Morgan fingerprint density at radius 1 is 0.658 bits per heavy atom. The van der Waals surface area contributed by atoms with Gasteiger partial charge >= 0.3 is 0 Å². The monoisotopic (exact) mass is 499 g/mol. The Hall–Kier alpha value is -3.95. The Morgan fingerprint density at radius 2 is 1.26 bits per heavy atom. The van der Waals surface area contributed by atoms with Gasteiger partial charge in [0, 0.05) is 37.3 Å². The Labute approximate surface area is 227 Å². The van der Waals surface area contributed by atoms with Crippen molar-refractivity contribution in [3.05, 3.63) is 138 Å². The van der Waals surface area contributed by atoms with Gasteiger partial charge in [0.1, 0.15) is 5.82 Å². The zero-order chi connectivity index (χ0) is 26.2. The van der Waals surface area contributed by atoms with Gasteiger partial charge in [0.2, 0.25) is 0 Å². The molecular weight excluding hydrogens is 462 g/mol. The van der Waals surface area contributed by atoms with Gasteiger partial charge < -0.3 is 4.57 Å². The molecule has 0 atom stereocenters. The highest BCUT2D eigenvalue weighted by atomic mass is 15.2. The minimum absolute atomic E-state index is 0.816. The second-order valence-corrected chi connectivity index (χ2v) is 10.0. The first-order chi connectivity index (χ1) is 18.7. The zero-order valence-electron chi connectivity index (χ0n) is 22.6. The van der Waals surface area contributed by atoms with Gasteiger partial charge in [0.05, 0.1) is 11.4 Å². The number of imidazole rings is 1. The van der Waals surface area contributed by atoms with Crippen LogP contribution in [0.15, 0.2) is 115 Å². The number of hydrogen-bond acceptors (Lipinski definition) is 2. The van der Waals surface area contributed by atoms with Crippen LogP contribution in [0.5, 0.6) is 0 Å². The van der Waals surface area contributed by atoms with Gasteiger partial charge in [-0.15, -0.1) is 0 Å². The molecule has 0 unspecified atom stereocenters. The van der Waals surface area contributed by atoms with E-state index in [1.165, 1.54) is 33.5 Å². The summed E-state index contributed by atoms with van der Waals surface area (Å²) in [6.07, 6.45) is 2.26. The van der Waals surface area contributed by atoms with Gasteiger partial charge in [0.25, 0.3) is 0 Å². The molecular formula is C35H37N3. The molecule has 0 aliphatic rings. The predicted octanol–water partition coefficient (Wildman–Crippen LogP) is 8.53. The van der Waals surface area contributed by atoms with Crippen LogP contribution in [0, 0.1) is 6.92 Å². The number of hydrogen-bond donors (Lipinski definition) is 0. The maximum absolute atomic E-state index is 5.32. The summed E-state index contributed by atoms with van der Waals surface area (Å²) in [5.74, 6) is 1.06. The number of rotatable bonds is 11. The molecule has 0 fully saturated rings. The molecule has 0 bridgehead atoms. The van der Waals surface area contributed by atoms with Crippen LogP contribution >= 0.6 is 0 Å². The van der Waals surface area contributed by atoms with Crippen molar-refractivity contribution in [1.82, 2.24) is 14.5 Å². The first-order valence-corrected chi connectivity index (χ1v) is 13.7. The zero-order valence-corrected chi connectivity index (χ0v) is 22.6. The number of aryl methyl sites for hydroxylation is 1. The van der Waals surface area contributed by atoms with E-state index >= 15 is 0 Å². The molecule has 0 amide bonds. The maximum Gasteiger partial charge on any atom is 0.140 e.